The maximum atomic E-state index is 12.6. The van der Waals surface area contributed by atoms with Crippen molar-refractivity contribution in [1.82, 2.24) is 9.78 Å². The van der Waals surface area contributed by atoms with E-state index in [4.69, 9.17) is 21.2 Å². The maximum absolute atomic E-state index is 12.6. The number of halogens is 1. The Bertz CT molecular complexity index is 948. The number of hydrogen-bond acceptors (Lipinski definition) is 6. The fraction of sp³-hybridized carbons (Fsp3) is 0.353. The molecule has 0 radical (unpaired) electrons. The van der Waals surface area contributed by atoms with Crippen LogP contribution in [-0.2, 0) is 11.4 Å². The summed E-state index contributed by atoms with van der Waals surface area (Å²) in [5, 5.41) is 6.88. The normalized spacial score (nSPS) is 14.8. The van der Waals surface area contributed by atoms with Gasteiger partial charge in [0.15, 0.2) is 0 Å². The fourth-order valence-electron chi connectivity index (χ4n) is 2.82. The van der Waals surface area contributed by atoms with E-state index >= 15 is 0 Å². The molecular weight excluding hydrogens is 378 g/mol. The first-order chi connectivity index (χ1) is 12.5. The van der Waals surface area contributed by atoms with Gasteiger partial charge in [-0.25, -0.2) is 0 Å². The van der Waals surface area contributed by atoms with Gasteiger partial charge in [0.1, 0.15) is 18.4 Å². The quantitative estimate of drug-likeness (QED) is 0.634. The molecule has 1 aliphatic heterocycles. The van der Waals surface area contributed by atoms with E-state index < -0.39 is 0 Å². The SMILES string of the molecule is CCn1[nH]cc(C(=O)Sc2cc(Cl)c3c(c2C)C(=NOC)CCO3)c1=O. The number of carbonyl (C=O) groups excluding carboxylic acids is 1. The van der Waals surface area contributed by atoms with Gasteiger partial charge in [0.2, 0.25) is 5.12 Å². The molecule has 1 aromatic heterocycles. The van der Waals surface area contributed by atoms with Crippen LogP contribution in [0.5, 0.6) is 5.75 Å². The predicted octanol–water partition coefficient (Wildman–Crippen LogP) is 3.22. The van der Waals surface area contributed by atoms with Crippen molar-refractivity contribution in [2.24, 2.45) is 5.16 Å². The number of aromatic amines is 1. The predicted molar refractivity (Wildman–Crippen MR) is 101 cm³/mol. The van der Waals surface area contributed by atoms with Gasteiger partial charge in [-0.15, -0.1) is 0 Å². The Morgan fingerprint density at radius 3 is 2.96 bits per heavy atom. The Hall–Kier alpha value is -2.19. The summed E-state index contributed by atoms with van der Waals surface area (Å²) < 4.78 is 7.05. The Morgan fingerprint density at radius 2 is 2.31 bits per heavy atom. The van der Waals surface area contributed by atoms with Crippen molar-refractivity contribution in [3.05, 3.63) is 44.3 Å². The van der Waals surface area contributed by atoms with E-state index in [1.165, 1.54) is 18.0 Å². The number of nitrogens with zero attached hydrogens (tertiary/aromatic N) is 2. The number of fused-ring (bicyclic) bond motifs is 1. The summed E-state index contributed by atoms with van der Waals surface area (Å²) in [6, 6.07) is 1.68. The number of oxime groups is 1. The molecule has 0 saturated heterocycles. The van der Waals surface area contributed by atoms with Crippen LogP contribution in [0.25, 0.3) is 0 Å². The molecule has 1 aromatic carbocycles. The van der Waals surface area contributed by atoms with Crippen LogP contribution in [0.2, 0.25) is 5.02 Å². The molecule has 9 heteroatoms. The van der Waals surface area contributed by atoms with Crippen LogP contribution in [-0.4, -0.2) is 34.3 Å². The van der Waals surface area contributed by atoms with E-state index in [1.54, 1.807) is 6.07 Å². The summed E-state index contributed by atoms with van der Waals surface area (Å²) in [5.41, 5.74) is 2.03. The van der Waals surface area contributed by atoms with E-state index in [-0.39, 0.29) is 16.2 Å². The van der Waals surface area contributed by atoms with Crippen molar-refractivity contribution >= 4 is 34.2 Å². The third-order valence-electron chi connectivity index (χ3n) is 4.10. The minimum Gasteiger partial charge on any atom is -0.491 e. The lowest BCUT2D eigenvalue weighted by Gasteiger charge is -2.23. The summed E-state index contributed by atoms with van der Waals surface area (Å²) in [5.74, 6) is 0.540. The second-order valence-corrected chi connectivity index (χ2v) is 7.05. The molecule has 1 aliphatic rings. The number of aromatic nitrogens is 2. The Labute approximate surface area is 159 Å². The molecule has 2 heterocycles. The Kier molecular flexibility index (Phi) is 5.43. The van der Waals surface area contributed by atoms with Crippen molar-refractivity contribution in [3.8, 4) is 5.75 Å². The average Bonchev–Trinajstić information content (AvgIpc) is 3.00. The van der Waals surface area contributed by atoms with Crippen molar-refractivity contribution in [3.63, 3.8) is 0 Å². The third kappa shape index (κ3) is 3.26. The van der Waals surface area contributed by atoms with Crippen molar-refractivity contribution in [2.45, 2.75) is 31.7 Å². The molecule has 0 aliphatic carbocycles. The van der Waals surface area contributed by atoms with E-state index in [0.29, 0.717) is 35.2 Å². The van der Waals surface area contributed by atoms with Crippen LogP contribution in [0, 0.1) is 6.92 Å². The van der Waals surface area contributed by atoms with Gasteiger partial charge in [-0.05, 0) is 37.2 Å². The van der Waals surface area contributed by atoms with E-state index in [2.05, 4.69) is 10.3 Å². The second kappa shape index (κ2) is 7.59. The molecule has 3 rings (SSSR count). The van der Waals surface area contributed by atoms with Gasteiger partial charge in [-0.1, -0.05) is 16.8 Å². The number of hydrogen-bond donors (Lipinski definition) is 1. The lowest BCUT2D eigenvalue weighted by atomic mass is 9.99. The number of H-pyrrole nitrogens is 1. The smallest absolute Gasteiger partial charge is 0.278 e. The van der Waals surface area contributed by atoms with Gasteiger partial charge in [-0.2, -0.15) is 0 Å². The molecule has 0 fully saturated rings. The number of benzene rings is 1. The van der Waals surface area contributed by atoms with Gasteiger partial charge in [0.05, 0.1) is 17.3 Å². The lowest BCUT2D eigenvalue weighted by molar-refractivity contribution is 0.108. The highest BCUT2D eigenvalue weighted by molar-refractivity contribution is 8.14. The van der Waals surface area contributed by atoms with Crippen LogP contribution < -0.4 is 10.3 Å². The Morgan fingerprint density at radius 1 is 1.54 bits per heavy atom. The Balaban J connectivity index is 2.01. The van der Waals surface area contributed by atoms with E-state index in [0.717, 1.165) is 28.6 Å². The molecule has 0 atom stereocenters. The largest absolute Gasteiger partial charge is 0.491 e. The summed E-state index contributed by atoms with van der Waals surface area (Å²) in [6.45, 7) is 4.61. The van der Waals surface area contributed by atoms with Crippen molar-refractivity contribution < 1.29 is 14.4 Å². The summed E-state index contributed by atoms with van der Waals surface area (Å²) in [4.78, 5) is 30.3. The molecule has 2 aromatic rings. The monoisotopic (exact) mass is 395 g/mol. The van der Waals surface area contributed by atoms with Gasteiger partial charge >= 0.3 is 0 Å². The molecule has 0 amide bonds. The van der Waals surface area contributed by atoms with E-state index in [1.807, 2.05) is 13.8 Å². The number of thioether (sulfide) groups is 1. The highest BCUT2D eigenvalue weighted by Crippen LogP contribution is 2.41. The first-order valence-electron chi connectivity index (χ1n) is 8.04. The van der Waals surface area contributed by atoms with Crippen molar-refractivity contribution in [1.29, 1.82) is 0 Å². The minimum atomic E-state index is -0.348. The standard InChI is InChI=1S/C17H18ClN3O4S/c1-4-21-16(22)10(8-19-21)17(23)26-13-7-11(18)15-14(9(13)2)12(20-24-3)5-6-25-15/h7-8,19H,4-6H2,1-3H3. The summed E-state index contributed by atoms with van der Waals surface area (Å²) >= 11 is 7.31. The average molecular weight is 396 g/mol. The number of nitrogens with one attached hydrogen (secondary N) is 1. The topological polar surface area (TPSA) is 85.7 Å². The van der Waals surface area contributed by atoms with Crippen LogP contribution in [0.1, 0.15) is 34.8 Å². The third-order valence-corrected chi connectivity index (χ3v) is 5.43. The van der Waals surface area contributed by atoms with Gasteiger partial charge < -0.3 is 14.7 Å². The highest BCUT2D eigenvalue weighted by Gasteiger charge is 2.26. The number of carbonyl (C=O) groups is 1. The molecular formula is C17H18ClN3O4S. The zero-order chi connectivity index (χ0) is 18.8. The van der Waals surface area contributed by atoms with Crippen LogP contribution in [0.15, 0.2) is 27.1 Å². The number of rotatable bonds is 4. The molecule has 7 nitrogen and oxygen atoms in total. The molecule has 138 valence electrons. The number of aryl methyl sites for hydroxylation is 1. The van der Waals surface area contributed by atoms with Gasteiger partial charge in [-0.3, -0.25) is 14.3 Å². The number of ether oxygens (including phenoxy) is 1. The van der Waals surface area contributed by atoms with Gasteiger partial charge in [0.25, 0.3) is 5.56 Å². The van der Waals surface area contributed by atoms with Crippen molar-refractivity contribution in [2.75, 3.05) is 13.7 Å². The van der Waals surface area contributed by atoms with Crippen LogP contribution in [0.4, 0.5) is 0 Å². The molecule has 26 heavy (non-hydrogen) atoms. The molecule has 1 N–H and O–H groups in total. The first kappa shape index (κ1) is 18.6. The zero-order valence-corrected chi connectivity index (χ0v) is 16.2. The molecule has 0 unspecified atom stereocenters. The van der Waals surface area contributed by atoms with Crippen LogP contribution in [0.3, 0.4) is 0 Å². The summed E-state index contributed by atoms with van der Waals surface area (Å²) in [6.07, 6.45) is 2.01. The maximum Gasteiger partial charge on any atom is 0.278 e. The first-order valence-corrected chi connectivity index (χ1v) is 9.24. The molecule has 0 spiro atoms. The van der Waals surface area contributed by atoms with E-state index in [9.17, 15) is 9.59 Å². The van der Waals surface area contributed by atoms with Crippen LogP contribution >= 0.6 is 23.4 Å². The molecule has 0 bridgehead atoms. The lowest BCUT2D eigenvalue weighted by Crippen LogP contribution is -2.20. The zero-order valence-electron chi connectivity index (χ0n) is 14.6. The second-order valence-electron chi connectivity index (χ2n) is 5.63. The fourth-order valence-corrected chi connectivity index (χ4v) is 4.03. The summed E-state index contributed by atoms with van der Waals surface area (Å²) in [7, 11) is 1.48. The minimum absolute atomic E-state index is 0.104. The van der Waals surface area contributed by atoms with Gasteiger partial charge in [0, 0.05) is 29.6 Å². The molecule has 0 saturated carbocycles. The highest BCUT2D eigenvalue weighted by atomic mass is 35.5.